The highest BCUT2D eigenvalue weighted by Gasteiger charge is 2.29. The third-order valence-electron chi connectivity index (χ3n) is 2.70. The Labute approximate surface area is 100 Å². The topological polar surface area (TPSA) is 33.2 Å². The number of pyridine rings is 1. The van der Waals surface area contributed by atoms with Crippen LogP contribution in [0.25, 0.3) is 0 Å². The van der Waals surface area contributed by atoms with Gasteiger partial charge in [-0.05, 0) is 18.1 Å². The van der Waals surface area contributed by atoms with Crippen molar-refractivity contribution in [3.8, 4) is 0 Å². The number of halogens is 1. The first-order chi connectivity index (χ1) is 7.58. The summed E-state index contributed by atoms with van der Waals surface area (Å²) >= 11 is 5.96. The van der Waals surface area contributed by atoms with Crippen molar-refractivity contribution < 1.29 is 4.79 Å². The fourth-order valence-electron chi connectivity index (χ4n) is 1.80. The van der Waals surface area contributed by atoms with E-state index in [0.717, 1.165) is 11.5 Å². The molecule has 4 heteroatoms. The number of hydrogen-bond acceptors (Lipinski definition) is 2. The molecule has 1 fully saturated rings. The average molecular weight is 239 g/mol. The van der Waals surface area contributed by atoms with Gasteiger partial charge in [-0.25, -0.2) is 4.98 Å². The summed E-state index contributed by atoms with van der Waals surface area (Å²) in [4.78, 5) is 17.8. The largest absolute Gasteiger partial charge is 0.295 e. The molecule has 0 saturated carbocycles. The Balaban J connectivity index is 2.27. The predicted octanol–water partition coefficient (Wildman–Crippen LogP) is 2.55. The predicted molar refractivity (Wildman–Crippen MR) is 64.9 cm³/mol. The molecule has 0 N–H and O–H groups in total. The molecule has 86 valence electrons. The number of carbonyl (C=O) groups is 1. The molecule has 1 atom stereocenters. The number of hydrogen-bond donors (Lipinski definition) is 0. The second kappa shape index (κ2) is 4.42. The summed E-state index contributed by atoms with van der Waals surface area (Å²) in [6.07, 6.45) is 0.412. The minimum atomic E-state index is -0.0861. The van der Waals surface area contributed by atoms with Crippen molar-refractivity contribution in [2.75, 3.05) is 11.4 Å². The number of anilines is 1. The molecule has 3 nitrogen and oxygen atoms in total. The lowest BCUT2D eigenvalue weighted by molar-refractivity contribution is -0.117. The third kappa shape index (κ3) is 2.19. The first-order valence-electron chi connectivity index (χ1n) is 5.49. The molecular weight excluding hydrogens is 224 g/mol. The zero-order valence-corrected chi connectivity index (χ0v) is 10.2. The van der Waals surface area contributed by atoms with E-state index in [1.807, 2.05) is 18.2 Å². The summed E-state index contributed by atoms with van der Waals surface area (Å²) in [5.41, 5.74) is 1.00. The molecule has 1 aliphatic heterocycles. The molecule has 0 aliphatic carbocycles. The molecule has 1 saturated heterocycles. The number of amides is 1. The summed E-state index contributed by atoms with van der Waals surface area (Å²) in [5, 5.41) is -0.0861. The Morgan fingerprint density at radius 3 is 2.81 bits per heavy atom. The van der Waals surface area contributed by atoms with Gasteiger partial charge in [0.05, 0.1) is 5.38 Å². The van der Waals surface area contributed by atoms with E-state index in [2.05, 4.69) is 18.8 Å². The SMILES string of the molecule is CC(C)c1cccc(N2CC(Cl)CC2=O)n1. The summed E-state index contributed by atoms with van der Waals surface area (Å²) in [7, 11) is 0. The highest BCUT2D eigenvalue weighted by molar-refractivity contribution is 6.24. The van der Waals surface area contributed by atoms with E-state index in [9.17, 15) is 4.79 Å². The Kier molecular flexibility index (Phi) is 3.15. The molecule has 1 aromatic heterocycles. The number of alkyl halides is 1. The summed E-state index contributed by atoms with van der Waals surface area (Å²) in [6, 6.07) is 5.78. The van der Waals surface area contributed by atoms with Crippen LogP contribution in [-0.2, 0) is 4.79 Å². The number of carbonyl (C=O) groups excluding carboxylic acids is 1. The van der Waals surface area contributed by atoms with Crippen LogP contribution < -0.4 is 4.90 Å². The smallest absolute Gasteiger partial charge is 0.229 e. The minimum Gasteiger partial charge on any atom is -0.295 e. The molecule has 16 heavy (non-hydrogen) atoms. The molecule has 1 aliphatic rings. The van der Waals surface area contributed by atoms with Crippen molar-refractivity contribution in [2.45, 2.75) is 31.6 Å². The van der Waals surface area contributed by atoms with E-state index < -0.39 is 0 Å². The molecule has 0 radical (unpaired) electrons. The fraction of sp³-hybridized carbons (Fsp3) is 0.500. The molecule has 0 spiro atoms. The first-order valence-corrected chi connectivity index (χ1v) is 5.93. The van der Waals surface area contributed by atoms with Crippen molar-refractivity contribution in [1.29, 1.82) is 0 Å². The third-order valence-corrected chi connectivity index (χ3v) is 2.99. The van der Waals surface area contributed by atoms with Crippen molar-refractivity contribution >= 4 is 23.3 Å². The van der Waals surface area contributed by atoms with Gasteiger partial charge >= 0.3 is 0 Å². The molecular formula is C12H15ClN2O. The fourth-order valence-corrected chi connectivity index (χ4v) is 2.07. The van der Waals surface area contributed by atoms with E-state index in [0.29, 0.717) is 18.9 Å². The molecule has 2 rings (SSSR count). The van der Waals surface area contributed by atoms with Crippen LogP contribution >= 0.6 is 11.6 Å². The van der Waals surface area contributed by atoms with Crippen LogP contribution in [0.4, 0.5) is 5.82 Å². The van der Waals surface area contributed by atoms with Crippen LogP contribution in [0.2, 0.25) is 0 Å². The normalized spacial score (nSPS) is 20.9. The second-order valence-corrected chi connectivity index (χ2v) is 5.00. The van der Waals surface area contributed by atoms with Crippen molar-refractivity contribution in [3.05, 3.63) is 23.9 Å². The molecule has 0 aromatic carbocycles. The van der Waals surface area contributed by atoms with Crippen LogP contribution in [0.3, 0.4) is 0 Å². The van der Waals surface area contributed by atoms with E-state index in [4.69, 9.17) is 11.6 Å². The van der Waals surface area contributed by atoms with E-state index in [1.165, 1.54) is 0 Å². The lowest BCUT2D eigenvalue weighted by atomic mass is 10.1. The Morgan fingerprint density at radius 1 is 1.50 bits per heavy atom. The van der Waals surface area contributed by atoms with Gasteiger partial charge in [0.15, 0.2) is 0 Å². The van der Waals surface area contributed by atoms with Crippen molar-refractivity contribution in [2.24, 2.45) is 0 Å². The molecule has 1 unspecified atom stereocenters. The quantitative estimate of drug-likeness (QED) is 0.742. The van der Waals surface area contributed by atoms with Crippen molar-refractivity contribution in [3.63, 3.8) is 0 Å². The van der Waals surface area contributed by atoms with Crippen LogP contribution in [0.5, 0.6) is 0 Å². The van der Waals surface area contributed by atoms with Gasteiger partial charge in [0.1, 0.15) is 5.82 Å². The Hall–Kier alpha value is -1.09. The molecule has 1 aromatic rings. The zero-order valence-electron chi connectivity index (χ0n) is 9.48. The summed E-state index contributed by atoms with van der Waals surface area (Å²) in [5.74, 6) is 1.15. The van der Waals surface area contributed by atoms with E-state index in [1.54, 1.807) is 4.90 Å². The van der Waals surface area contributed by atoms with Gasteiger partial charge in [-0.15, -0.1) is 11.6 Å². The van der Waals surface area contributed by atoms with Gasteiger partial charge in [-0.3, -0.25) is 9.69 Å². The van der Waals surface area contributed by atoms with Crippen LogP contribution in [-0.4, -0.2) is 22.8 Å². The maximum absolute atomic E-state index is 11.7. The maximum atomic E-state index is 11.7. The maximum Gasteiger partial charge on any atom is 0.229 e. The molecule has 0 bridgehead atoms. The van der Waals surface area contributed by atoms with Crippen LogP contribution in [0.15, 0.2) is 18.2 Å². The minimum absolute atomic E-state index is 0.0633. The van der Waals surface area contributed by atoms with E-state index in [-0.39, 0.29) is 11.3 Å². The highest BCUT2D eigenvalue weighted by Crippen LogP contribution is 2.24. The summed E-state index contributed by atoms with van der Waals surface area (Å²) in [6.45, 7) is 4.74. The zero-order chi connectivity index (χ0) is 11.7. The lowest BCUT2D eigenvalue weighted by Gasteiger charge is -2.16. The number of nitrogens with zero attached hydrogens (tertiary/aromatic N) is 2. The van der Waals surface area contributed by atoms with Gasteiger partial charge in [0.2, 0.25) is 5.91 Å². The van der Waals surface area contributed by atoms with E-state index >= 15 is 0 Å². The number of aromatic nitrogens is 1. The van der Waals surface area contributed by atoms with Gasteiger partial charge in [0, 0.05) is 18.7 Å². The average Bonchev–Trinajstić information content (AvgIpc) is 2.58. The highest BCUT2D eigenvalue weighted by atomic mass is 35.5. The van der Waals surface area contributed by atoms with Gasteiger partial charge in [-0.2, -0.15) is 0 Å². The Bertz CT molecular complexity index is 406. The lowest BCUT2D eigenvalue weighted by Crippen LogP contribution is -2.25. The van der Waals surface area contributed by atoms with Gasteiger partial charge in [-0.1, -0.05) is 19.9 Å². The van der Waals surface area contributed by atoms with Gasteiger partial charge in [0.25, 0.3) is 0 Å². The summed E-state index contributed by atoms with van der Waals surface area (Å²) < 4.78 is 0. The standard InChI is InChI=1S/C12H15ClN2O/c1-8(2)10-4-3-5-11(14-10)15-7-9(13)6-12(15)16/h3-5,8-9H,6-7H2,1-2H3. The monoisotopic (exact) mass is 238 g/mol. The Morgan fingerprint density at radius 2 is 2.25 bits per heavy atom. The van der Waals surface area contributed by atoms with Crippen LogP contribution in [0, 0.1) is 0 Å². The second-order valence-electron chi connectivity index (χ2n) is 4.38. The van der Waals surface area contributed by atoms with Gasteiger partial charge < -0.3 is 0 Å². The van der Waals surface area contributed by atoms with Crippen LogP contribution in [0.1, 0.15) is 31.9 Å². The molecule has 1 amide bonds. The first kappa shape index (κ1) is 11.4. The molecule has 2 heterocycles. The van der Waals surface area contributed by atoms with Crippen molar-refractivity contribution in [1.82, 2.24) is 4.98 Å². The number of rotatable bonds is 2.